The van der Waals surface area contributed by atoms with Crippen LogP contribution in [-0.4, -0.2) is 38.6 Å². The number of nitrogens with one attached hydrogen (secondary N) is 1. The normalized spacial score (nSPS) is 23.4. The molecule has 0 radical (unpaired) electrons. The number of alkyl halides is 6. The lowest BCUT2D eigenvalue weighted by molar-refractivity contribution is -0.141. The van der Waals surface area contributed by atoms with E-state index in [1.165, 1.54) is 23.0 Å². The minimum atomic E-state index is -4.63. The van der Waals surface area contributed by atoms with E-state index in [-0.39, 0.29) is 53.7 Å². The Morgan fingerprint density at radius 3 is 2.42 bits per heavy atom. The number of aromatic nitrogens is 3. The van der Waals surface area contributed by atoms with Crippen molar-refractivity contribution in [2.24, 2.45) is 0 Å². The van der Waals surface area contributed by atoms with Gasteiger partial charge in [0.25, 0.3) is 0 Å². The van der Waals surface area contributed by atoms with E-state index >= 15 is 0 Å². The number of benzene rings is 1. The van der Waals surface area contributed by atoms with Crippen LogP contribution in [0, 0.1) is 0 Å². The van der Waals surface area contributed by atoms with Crippen molar-refractivity contribution in [3.8, 4) is 5.75 Å². The summed E-state index contributed by atoms with van der Waals surface area (Å²) in [6.45, 7) is 5.20. The summed E-state index contributed by atoms with van der Waals surface area (Å²) < 4.78 is 87.1. The van der Waals surface area contributed by atoms with Crippen molar-refractivity contribution >= 4 is 10.9 Å². The Labute approximate surface area is 203 Å². The van der Waals surface area contributed by atoms with E-state index in [0.29, 0.717) is 0 Å². The second-order valence-corrected chi connectivity index (χ2v) is 9.53. The fourth-order valence-corrected chi connectivity index (χ4v) is 4.75. The molecule has 3 aromatic rings. The van der Waals surface area contributed by atoms with Crippen molar-refractivity contribution in [2.75, 3.05) is 6.61 Å². The topological polar surface area (TPSA) is 72.2 Å². The summed E-state index contributed by atoms with van der Waals surface area (Å²) in [7, 11) is 0. The Kier molecular flexibility index (Phi) is 6.71. The van der Waals surface area contributed by atoms with Crippen molar-refractivity contribution in [3.05, 3.63) is 53.5 Å². The van der Waals surface area contributed by atoms with Crippen molar-refractivity contribution < 1.29 is 36.2 Å². The molecular weight excluding hydrogens is 490 g/mol. The van der Waals surface area contributed by atoms with Gasteiger partial charge in [0.05, 0.1) is 22.9 Å². The van der Waals surface area contributed by atoms with E-state index in [2.05, 4.69) is 15.4 Å². The Balaban J connectivity index is 1.55. The quantitative estimate of drug-likeness (QED) is 0.441. The molecule has 3 heterocycles. The van der Waals surface area contributed by atoms with Crippen LogP contribution in [0.5, 0.6) is 5.75 Å². The fourth-order valence-electron chi connectivity index (χ4n) is 4.75. The van der Waals surface area contributed by atoms with Gasteiger partial charge >= 0.3 is 12.4 Å². The van der Waals surface area contributed by atoms with Crippen LogP contribution in [0.25, 0.3) is 10.9 Å². The van der Waals surface area contributed by atoms with Crippen molar-refractivity contribution in [1.82, 2.24) is 20.1 Å². The summed E-state index contributed by atoms with van der Waals surface area (Å²) in [5.74, 6) is -0.00195. The van der Waals surface area contributed by atoms with E-state index in [9.17, 15) is 31.4 Å². The molecule has 2 aromatic heterocycles. The molecule has 0 unspecified atom stereocenters. The van der Waals surface area contributed by atoms with Crippen LogP contribution in [0.15, 0.2) is 36.7 Å². The molecule has 0 spiro atoms. The minimum absolute atomic E-state index is 0.00195. The summed E-state index contributed by atoms with van der Waals surface area (Å²) in [4.78, 5) is 3.44. The van der Waals surface area contributed by atoms with Gasteiger partial charge in [0, 0.05) is 35.3 Å². The number of pyridine rings is 1. The highest BCUT2D eigenvalue weighted by molar-refractivity contribution is 5.84. The zero-order valence-corrected chi connectivity index (χ0v) is 19.8. The number of nitrogens with zero attached hydrogens (tertiary/aromatic N) is 3. The van der Waals surface area contributed by atoms with Crippen LogP contribution in [-0.2, 0) is 18.0 Å². The van der Waals surface area contributed by atoms with Gasteiger partial charge in [0.2, 0.25) is 0 Å². The van der Waals surface area contributed by atoms with Crippen LogP contribution in [0.1, 0.15) is 56.5 Å². The van der Waals surface area contributed by atoms with E-state index < -0.39 is 35.3 Å². The summed E-state index contributed by atoms with van der Waals surface area (Å²) >= 11 is 0. The first kappa shape index (κ1) is 26.2. The molecule has 1 aromatic carbocycles. The van der Waals surface area contributed by atoms with Crippen LogP contribution in [0.4, 0.5) is 26.3 Å². The number of aliphatic hydroxyl groups is 1. The second kappa shape index (κ2) is 9.22. The number of ether oxygens (including phenoxy) is 1. The third-order valence-corrected chi connectivity index (χ3v) is 6.25. The molecule has 4 rings (SSSR count). The maximum absolute atomic E-state index is 13.8. The minimum Gasteiger partial charge on any atom is -0.492 e. The lowest BCUT2D eigenvalue weighted by atomic mass is 9.79. The number of piperidine rings is 1. The average Bonchev–Trinajstić information content (AvgIpc) is 3.19. The van der Waals surface area contributed by atoms with Crippen molar-refractivity contribution in [2.45, 2.75) is 69.7 Å². The third-order valence-electron chi connectivity index (χ3n) is 6.25. The Bertz CT molecular complexity index is 1220. The zero-order valence-electron chi connectivity index (χ0n) is 19.8. The summed E-state index contributed by atoms with van der Waals surface area (Å²) in [6, 6.07) is 3.43. The van der Waals surface area contributed by atoms with Gasteiger partial charge in [0.1, 0.15) is 18.1 Å². The van der Waals surface area contributed by atoms with Gasteiger partial charge in [-0.25, -0.2) is 0 Å². The summed E-state index contributed by atoms with van der Waals surface area (Å²) in [5, 5.41) is 18.8. The van der Waals surface area contributed by atoms with Crippen LogP contribution in [0.2, 0.25) is 0 Å². The summed E-state index contributed by atoms with van der Waals surface area (Å²) in [6.07, 6.45) is -6.57. The maximum Gasteiger partial charge on any atom is 0.433 e. The molecule has 3 atom stereocenters. The van der Waals surface area contributed by atoms with Gasteiger partial charge in [-0.2, -0.15) is 31.4 Å². The van der Waals surface area contributed by atoms with Gasteiger partial charge in [-0.15, -0.1) is 0 Å². The second-order valence-electron chi connectivity index (χ2n) is 9.53. The lowest BCUT2D eigenvalue weighted by Gasteiger charge is -2.41. The Morgan fingerprint density at radius 2 is 1.83 bits per heavy atom. The molecule has 1 aliphatic heterocycles. The SMILES string of the molecule is CC(C)n1ncc2cc(OC[C@@H]3C[C@](O)(c4ccc(C(F)(F)F)nc4)C[C@H](C)N3)cc(C(F)(F)F)c21. The van der Waals surface area contributed by atoms with Crippen LogP contribution < -0.4 is 10.1 Å². The molecule has 12 heteroatoms. The highest BCUT2D eigenvalue weighted by atomic mass is 19.4. The molecular formula is C24H26F6N4O2. The highest BCUT2D eigenvalue weighted by Gasteiger charge is 2.41. The fraction of sp³-hybridized carbons (Fsp3) is 0.500. The molecule has 1 fully saturated rings. The van der Waals surface area contributed by atoms with Gasteiger partial charge in [0.15, 0.2) is 0 Å². The van der Waals surface area contributed by atoms with E-state index in [0.717, 1.165) is 18.3 Å². The van der Waals surface area contributed by atoms with Crippen LogP contribution >= 0.6 is 0 Å². The predicted octanol–water partition coefficient (Wildman–Crippen LogP) is 5.46. The number of halogens is 6. The Hall–Kier alpha value is -2.86. The van der Waals surface area contributed by atoms with Gasteiger partial charge in [-0.1, -0.05) is 6.07 Å². The first-order valence-electron chi connectivity index (χ1n) is 11.4. The number of hydrogen-bond acceptors (Lipinski definition) is 5. The largest absolute Gasteiger partial charge is 0.492 e. The average molecular weight is 516 g/mol. The first-order chi connectivity index (χ1) is 16.7. The van der Waals surface area contributed by atoms with E-state index in [1.54, 1.807) is 20.8 Å². The van der Waals surface area contributed by atoms with Crippen molar-refractivity contribution in [3.63, 3.8) is 0 Å². The highest BCUT2D eigenvalue weighted by Crippen LogP contribution is 2.39. The molecule has 6 nitrogen and oxygen atoms in total. The van der Waals surface area contributed by atoms with Crippen molar-refractivity contribution in [1.29, 1.82) is 0 Å². The number of rotatable bonds is 5. The van der Waals surface area contributed by atoms with E-state index in [1.807, 2.05) is 0 Å². The number of hydrogen-bond donors (Lipinski definition) is 2. The monoisotopic (exact) mass is 516 g/mol. The predicted molar refractivity (Wildman–Crippen MR) is 119 cm³/mol. The molecule has 0 saturated carbocycles. The number of fused-ring (bicyclic) bond motifs is 1. The molecule has 1 saturated heterocycles. The van der Waals surface area contributed by atoms with Gasteiger partial charge in [-0.3, -0.25) is 9.67 Å². The smallest absolute Gasteiger partial charge is 0.433 e. The molecule has 1 aliphatic rings. The molecule has 0 aliphatic carbocycles. The first-order valence-corrected chi connectivity index (χ1v) is 11.4. The third kappa shape index (κ3) is 5.29. The molecule has 0 bridgehead atoms. The molecule has 36 heavy (non-hydrogen) atoms. The van der Waals surface area contributed by atoms with Gasteiger partial charge in [-0.05, 0) is 51.8 Å². The molecule has 2 N–H and O–H groups in total. The summed E-state index contributed by atoms with van der Waals surface area (Å²) in [5.41, 5.74) is -3.20. The zero-order chi connectivity index (χ0) is 26.5. The molecule has 0 amide bonds. The van der Waals surface area contributed by atoms with E-state index in [4.69, 9.17) is 4.74 Å². The standard InChI is InChI=1S/C24H26F6N4O2/c1-13(2)34-21-15(10-32-34)6-18(7-19(21)23(25,26)27)36-12-17-9-22(35,8-14(3)33-17)16-4-5-20(31-11-16)24(28,29)30/h4-7,10-11,13-14,17,33,35H,8-9,12H2,1-3H3/t14-,17-,22-/m0/s1. The Morgan fingerprint density at radius 1 is 1.11 bits per heavy atom. The van der Waals surface area contributed by atoms with Gasteiger partial charge < -0.3 is 15.2 Å². The molecule has 196 valence electrons. The lowest BCUT2D eigenvalue weighted by Crippen LogP contribution is -2.53. The van der Waals surface area contributed by atoms with Crippen LogP contribution in [0.3, 0.4) is 0 Å². The maximum atomic E-state index is 13.8.